The van der Waals surface area contributed by atoms with E-state index in [1.54, 1.807) is 0 Å². The maximum Gasteiger partial charge on any atom is 0.157 e. The number of nitrogens with zero attached hydrogens (tertiary/aromatic N) is 3. The van der Waals surface area contributed by atoms with Gasteiger partial charge in [-0.15, -0.1) is 0 Å². The van der Waals surface area contributed by atoms with Crippen LogP contribution in [0.5, 0.6) is 0 Å². The van der Waals surface area contributed by atoms with Crippen molar-refractivity contribution in [3.05, 3.63) is 24.0 Å². The van der Waals surface area contributed by atoms with Gasteiger partial charge in [-0.1, -0.05) is 13.8 Å². The van der Waals surface area contributed by atoms with Crippen LogP contribution in [0.2, 0.25) is 0 Å². The second-order valence-electron chi connectivity index (χ2n) is 7.46. The lowest BCUT2D eigenvalue weighted by Gasteiger charge is -2.21. The van der Waals surface area contributed by atoms with Gasteiger partial charge in [0.15, 0.2) is 5.65 Å². The summed E-state index contributed by atoms with van der Waals surface area (Å²) in [6.45, 7) is 4.67. The van der Waals surface area contributed by atoms with Gasteiger partial charge in [-0.25, -0.2) is 4.98 Å². The summed E-state index contributed by atoms with van der Waals surface area (Å²) in [7, 11) is 0. The molecule has 4 rings (SSSR count). The van der Waals surface area contributed by atoms with Crippen molar-refractivity contribution in [3.8, 4) is 0 Å². The fourth-order valence-electron chi connectivity index (χ4n) is 3.60. The molecule has 118 valence electrons. The highest BCUT2D eigenvalue weighted by molar-refractivity contribution is 5.50. The third-order valence-electron chi connectivity index (χ3n) is 5.73. The van der Waals surface area contributed by atoms with Gasteiger partial charge in [0.2, 0.25) is 0 Å². The predicted octanol–water partition coefficient (Wildman–Crippen LogP) is 2.92. The largest absolute Gasteiger partial charge is 0.367 e. The molecule has 0 amide bonds. The number of nitrogens with one attached hydrogen (secondary N) is 1. The summed E-state index contributed by atoms with van der Waals surface area (Å²) in [4.78, 5) is 4.83. The van der Waals surface area contributed by atoms with Crippen LogP contribution in [0.15, 0.2) is 18.3 Å². The van der Waals surface area contributed by atoms with Crippen molar-refractivity contribution in [3.63, 3.8) is 0 Å². The molecule has 5 nitrogen and oxygen atoms in total. The molecule has 22 heavy (non-hydrogen) atoms. The lowest BCUT2D eigenvalue weighted by atomic mass is 9.89. The Labute approximate surface area is 131 Å². The molecule has 2 aliphatic carbocycles. The molecule has 0 radical (unpaired) electrons. The zero-order valence-electron chi connectivity index (χ0n) is 13.4. The predicted molar refractivity (Wildman–Crippen MR) is 88.0 cm³/mol. The molecule has 5 heteroatoms. The van der Waals surface area contributed by atoms with Crippen molar-refractivity contribution in [2.75, 3.05) is 5.32 Å². The molecule has 0 aromatic carbocycles. The molecule has 2 fully saturated rings. The Hall–Kier alpha value is -1.62. The fraction of sp³-hybridized carbons (Fsp3) is 0.647. The SMILES string of the molecule is CC(c1cc(N[C@H]2CC[C@H](N)C2)n2nccc2n1)C1(C)CC1. The number of anilines is 1. The second-order valence-corrected chi connectivity index (χ2v) is 7.46. The van der Waals surface area contributed by atoms with Gasteiger partial charge in [0.1, 0.15) is 5.82 Å². The maximum atomic E-state index is 6.04. The molecule has 2 saturated carbocycles. The number of hydrogen-bond acceptors (Lipinski definition) is 4. The van der Waals surface area contributed by atoms with Gasteiger partial charge in [0.25, 0.3) is 0 Å². The Bertz CT molecular complexity index is 687. The zero-order valence-corrected chi connectivity index (χ0v) is 13.4. The normalized spacial score (nSPS) is 28.0. The van der Waals surface area contributed by atoms with E-state index in [9.17, 15) is 0 Å². The third-order valence-corrected chi connectivity index (χ3v) is 5.73. The lowest BCUT2D eigenvalue weighted by molar-refractivity contribution is 0.460. The average Bonchev–Trinajstić information content (AvgIpc) is 2.90. The molecular formula is C17H25N5. The smallest absolute Gasteiger partial charge is 0.157 e. The first kappa shape index (κ1) is 14.0. The summed E-state index contributed by atoms with van der Waals surface area (Å²) in [6.07, 6.45) is 7.71. The van der Waals surface area contributed by atoms with E-state index in [1.165, 1.54) is 18.5 Å². The first-order valence-electron chi connectivity index (χ1n) is 8.42. The highest BCUT2D eigenvalue weighted by Gasteiger charge is 2.43. The molecule has 3 atom stereocenters. The van der Waals surface area contributed by atoms with Crippen molar-refractivity contribution in [2.24, 2.45) is 11.1 Å². The van der Waals surface area contributed by atoms with E-state index < -0.39 is 0 Å². The zero-order chi connectivity index (χ0) is 15.3. The highest BCUT2D eigenvalue weighted by atomic mass is 15.3. The van der Waals surface area contributed by atoms with Crippen molar-refractivity contribution in [1.29, 1.82) is 0 Å². The van der Waals surface area contributed by atoms with Gasteiger partial charge in [0, 0.05) is 35.8 Å². The van der Waals surface area contributed by atoms with E-state index in [0.29, 0.717) is 23.4 Å². The number of aromatic nitrogens is 3. The van der Waals surface area contributed by atoms with E-state index in [2.05, 4.69) is 30.3 Å². The van der Waals surface area contributed by atoms with Crippen molar-refractivity contribution >= 4 is 11.5 Å². The molecule has 0 aliphatic heterocycles. The van der Waals surface area contributed by atoms with Crippen LogP contribution in [0.4, 0.5) is 5.82 Å². The van der Waals surface area contributed by atoms with Crippen LogP contribution in [0.25, 0.3) is 5.65 Å². The first-order valence-corrected chi connectivity index (χ1v) is 8.42. The third kappa shape index (κ3) is 2.37. The summed E-state index contributed by atoms with van der Waals surface area (Å²) in [6, 6.07) is 4.95. The minimum atomic E-state index is 0.330. The van der Waals surface area contributed by atoms with E-state index in [0.717, 1.165) is 30.7 Å². The topological polar surface area (TPSA) is 68.2 Å². The van der Waals surface area contributed by atoms with Gasteiger partial charge >= 0.3 is 0 Å². The molecule has 3 N–H and O–H groups in total. The summed E-state index contributed by atoms with van der Waals surface area (Å²) in [5, 5.41) is 8.07. The van der Waals surface area contributed by atoms with Gasteiger partial charge in [-0.05, 0) is 37.5 Å². The Morgan fingerprint density at radius 1 is 1.41 bits per heavy atom. The van der Waals surface area contributed by atoms with Crippen LogP contribution in [-0.4, -0.2) is 26.7 Å². The van der Waals surface area contributed by atoms with Gasteiger partial charge < -0.3 is 11.1 Å². The minimum Gasteiger partial charge on any atom is -0.367 e. The lowest BCUT2D eigenvalue weighted by Crippen LogP contribution is -2.22. The Morgan fingerprint density at radius 3 is 2.91 bits per heavy atom. The van der Waals surface area contributed by atoms with E-state index in [4.69, 9.17) is 10.7 Å². The van der Waals surface area contributed by atoms with Gasteiger partial charge in [0.05, 0.1) is 6.20 Å². The fourth-order valence-corrected chi connectivity index (χ4v) is 3.60. The number of rotatable bonds is 4. The van der Waals surface area contributed by atoms with Crippen LogP contribution in [0.3, 0.4) is 0 Å². The van der Waals surface area contributed by atoms with Crippen LogP contribution >= 0.6 is 0 Å². The standard InChI is InChI=1S/C17H25N5/c1-11(17(2)6-7-17)14-10-16(20-13-4-3-12(18)9-13)22-15(21-14)5-8-19-22/h5,8,10-13,20H,3-4,6-7,9,18H2,1-2H3/t11?,12-,13-/m0/s1. The van der Waals surface area contributed by atoms with Crippen molar-refractivity contribution in [1.82, 2.24) is 14.6 Å². The van der Waals surface area contributed by atoms with E-state index in [1.807, 2.05) is 16.8 Å². The molecule has 1 unspecified atom stereocenters. The summed E-state index contributed by atoms with van der Waals surface area (Å²) in [5.74, 6) is 1.54. The Balaban J connectivity index is 1.68. The molecule has 2 aromatic rings. The second kappa shape index (κ2) is 4.95. The van der Waals surface area contributed by atoms with Crippen LogP contribution in [0.1, 0.15) is 57.6 Å². The summed E-state index contributed by atoms with van der Waals surface area (Å²) < 4.78 is 1.91. The monoisotopic (exact) mass is 299 g/mol. The van der Waals surface area contributed by atoms with Crippen LogP contribution < -0.4 is 11.1 Å². The van der Waals surface area contributed by atoms with Crippen LogP contribution in [-0.2, 0) is 0 Å². The molecule has 2 heterocycles. The highest BCUT2D eigenvalue weighted by Crippen LogP contribution is 2.55. The summed E-state index contributed by atoms with van der Waals surface area (Å²) >= 11 is 0. The first-order chi connectivity index (χ1) is 10.5. The molecule has 0 spiro atoms. The van der Waals surface area contributed by atoms with Crippen molar-refractivity contribution < 1.29 is 0 Å². The minimum absolute atomic E-state index is 0.330. The molecule has 2 aromatic heterocycles. The molecule has 0 saturated heterocycles. The van der Waals surface area contributed by atoms with E-state index >= 15 is 0 Å². The van der Waals surface area contributed by atoms with Crippen LogP contribution in [0, 0.1) is 5.41 Å². The number of fused-ring (bicyclic) bond motifs is 1. The molecule has 0 bridgehead atoms. The number of hydrogen-bond donors (Lipinski definition) is 2. The average molecular weight is 299 g/mol. The Morgan fingerprint density at radius 2 is 2.23 bits per heavy atom. The van der Waals surface area contributed by atoms with Crippen molar-refractivity contribution in [2.45, 2.75) is 64.0 Å². The molecule has 2 aliphatic rings. The Kier molecular flexibility index (Phi) is 3.15. The molecular weight excluding hydrogens is 274 g/mol. The van der Waals surface area contributed by atoms with E-state index in [-0.39, 0.29) is 0 Å². The summed E-state index contributed by atoms with van der Waals surface area (Å²) in [5.41, 5.74) is 8.58. The van der Waals surface area contributed by atoms with Gasteiger partial charge in [-0.2, -0.15) is 9.61 Å². The number of nitrogens with two attached hydrogens (primary N) is 1. The maximum absolute atomic E-state index is 6.04. The van der Waals surface area contributed by atoms with Gasteiger partial charge in [-0.3, -0.25) is 0 Å². The quantitative estimate of drug-likeness (QED) is 0.911.